The molecule has 2 unspecified atom stereocenters. The number of hydrogen-bond donors (Lipinski definition) is 1. The van der Waals surface area contributed by atoms with Gasteiger partial charge in [-0.3, -0.25) is 4.79 Å². The molecule has 0 bridgehead atoms. The summed E-state index contributed by atoms with van der Waals surface area (Å²) in [6.07, 6.45) is 1.78. The number of rotatable bonds is 4. The topological polar surface area (TPSA) is 65.8 Å². The Kier molecular flexibility index (Phi) is 4.64. The van der Waals surface area contributed by atoms with Gasteiger partial charge in [0.15, 0.2) is 0 Å². The molecule has 17 heavy (non-hydrogen) atoms. The molecule has 4 nitrogen and oxygen atoms in total. The molecule has 1 heterocycles. The minimum absolute atomic E-state index is 0.0187. The fraction of sp³-hybridized carbons (Fsp3) is 0.583. The molecular formula is C12H17N3OS. The molecule has 0 aromatic carbocycles. The van der Waals surface area contributed by atoms with E-state index in [1.54, 1.807) is 17.5 Å². The lowest BCUT2D eigenvalue weighted by atomic mass is 9.96. The summed E-state index contributed by atoms with van der Waals surface area (Å²) >= 11 is 1.56. The van der Waals surface area contributed by atoms with E-state index in [2.05, 4.69) is 10.3 Å². The molecule has 0 aliphatic heterocycles. The van der Waals surface area contributed by atoms with Crippen LogP contribution in [0.2, 0.25) is 0 Å². The fourth-order valence-corrected chi connectivity index (χ4v) is 2.22. The monoisotopic (exact) mass is 251 g/mol. The van der Waals surface area contributed by atoms with Crippen molar-refractivity contribution < 1.29 is 4.79 Å². The van der Waals surface area contributed by atoms with Crippen molar-refractivity contribution in [3.05, 3.63) is 16.1 Å². The Labute approximate surface area is 106 Å². The fourth-order valence-electron chi connectivity index (χ4n) is 1.45. The van der Waals surface area contributed by atoms with Gasteiger partial charge in [0.2, 0.25) is 5.91 Å². The van der Waals surface area contributed by atoms with Crippen molar-refractivity contribution in [2.24, 2.45) is 11.8 Å². The molecular weight excluding hydrogens is 234 g/mol. The van der Waals surface area contributed by atoms with Crippen molar-refractivity contribution in [1.82, 2.24) is 10.3 Å². The molecule has 0 saturated carbocycles. The average Bonchev–Trinajstić information content (AvgIpc) is 2.65. The second-order valence-electron chi connectivity index (χ2n) is 4.39. The largest absolute Gasteiger partial charge is 0.346 e. The average molecular weight is 251 g/mol. The van der Waals surface area contributed by atoms with Gasteiger partial charge in [-0.25, -0.2) is 4.98 Å². The van der Waals surface area contributed by atoms with E-state index < -0.39 is 5.92 Å². The molecule has 0 radical (unpaired) electrons. The Morgan fingerprint density at radius 1 is 1.53 bits per heavy atom. The number of nitrogens with one attached hydrogen (secondary N) is 1. The van der Waals surface area contributed by atoms with E-state index >= 15 is 0 Å². The number of carbonyl (C=O) groups excluding carboxylic acids is 1. The standard InChI is InChI=1S/C12H17N3OS/c1-7(2)10(5-13)11(16)15-9(4)12-14-6-8(3)17-12/h6-7,9-10H,1-4H3,(H,15,16). The smallest absolute Gasteiger partial charge is 0.238 e. The van der Waals surface area contributed by atoms with E-state index in [1.165, 1.54) is 0 Å². The highest BCUT2D eigenvalue weighted by molar-refractivity contribution is 7.11. The molecule has 1 aromatic heterocycles. The Hall–Kier alpha value is -1.41. The molecule has 0 spiro atoms. The second-order valence-corrected chi connectivity index (χ2v) is 5.66. The van der Waals surface area contributed by atoms with Gasteiger partial charge in [-0.2, -0.15) is 5.26 Å². The quantitative estimate of drug-likeness (QED) is 0.893. The zero-order valence-electron chi connectivity index (χ0n) is 10.5. The van der Waals surface area contributed by atoms with Gasteiger partial charge in [-0.15, -0.1) is 11.3 Å². The molecule has 1 N–H and O–H groups in total. The van der Waals surface area contributed by atoms with E-state index in [9.17, 15) is 4.79 Å². The van der Waals surface area contributed by atoms with Crippen LogP contribution in [0.1, 0.15) is 36.7 Å². The van der Waals surface area contributed by atoms with Crippen molar-refractivity contribution in [3.63, 3.8) is 0 Å². The maximum Gasteiger partial charge on any atom is 0.238 e. The van der Waals surface area contributed by atoms with Crippen LogP contribution >= 0.6 is 11.3 Å². The summed E-state index contributed by atoms with van der Waals surface area (Å²) < 4.78 is 0. The van der Waals surface area contributed by atoms with Crippen molar-refractivity contribution in [2.75, 3.05) is 0 Å². The molecule has 5 heteroatoms. The van der Waals surface area contributed by atoms with E-state index in [1.807, 2.05) is 33.8 Å². The number of nitriles is 1. The lowest BCUT2D eigenvalue weighted by Gasteiger charge is -2.16. The summed E-state index contributed by atoms with van der Waals surface area (Å²) in [6.45, 7) is 7.59. The zero-order chi connectivity index (χ0) is 13.0. The number of carbonyl (C=O) groups is 1. The highest BCUT2D eigenvalue weighted by Crippen LogP contribution is 2.20. The highest BCUT2D eigenvalue weighted by atomic mass is 32.1. The van der Waals surface area contributed by atoms with Crippen molar-refractivity contribution in [3.8, 4) is 6.07 Å². The molecule has 0 saturated heterocycles. The minimum Gasteiger partial charge on any atom is -0.346 e. The maximum absolute atomic E-state index is 11.8. The molecule has 92 valence electrons. The molecule has 1 amide bonds. The van der Waals surface area contributed by atoms with Crippen molar-refractivity contribution in [2.45, 2.75) is 33.7 Å². The van der Waals surface area contributed by atoms with E-state index in [0.29, 0.717) is 0 Å². The molecule has 0 aliphatic rings. The number of aryl methyl sites for hydroxylation is 1. The van der Waals surface area contributed by atoms with Gasteiger partial charge in [0.05, 0.1) is 12.1 Å². The summed E-state index contributed by atoms with van der Waals surface area (Å²) in [5.41, 5.74) is 0. The molecule has 1 aromatic rings. The third kappa shape index (κ3) is 3.53. The van der Waals surface area contributed by atoms with Crippen LogP contribution in [0.4, 0.5) is 0 Å². The van der Waals surface area contributed by atoms with Crippen molar-refractivity contribution in [1.29, 1.82) is 5.26 Å². The Balaban J connectivity index is 2.66. The molecule has 0 fully saturated rings. The van der Waals surface area contributed by atoms with Crippen molar-refractivity contribution >= 4 is 17.2 Å². The van der Waals surface area contributed by atoms with Gasteiger partial charge in [0.25, 0.3) is 0 Å². The lowest BCUT2D eigenvalue weighted by Crippen LogP contribution is -2.34. The highest BCUT2D eigenvalue weighted by Gasteiger charge is 2.23. The van der Waals surface area contributed by atoms with Gasteiger partial charge in [0, 0.05) is 11.1 Å². The van der Waals surface area contributed by atoms with Crippen LogP contribution in [0.3, 0.4) is 0 Å². The van der Waals surface area contributed by atoms with Crippen LogP contribution in [-0.4, -0.2) is 10.9 Å². The first-order valence-corrected chi connectivity index (χ1v) is 6.39. The summed E-state index contributed by atoms with van der Waals surface area (Å²) in [6, 6.07) is 1.89. The van der Waals surface area contributed by atoms with Crippen LogP contribution in [0.25, 0.3) is 0 Å². The van der Waals surface area contributed by atoms with E-state index in [0.717, 1.165) is 9.88 Å². The number of amides is 1. The predicted molar refractivity (Wildman–Crippen MR) is 67.3 cm³/mol. The Morgan fingerprint density at radius 2 is 2.18 bits per heavy atom. The van der Waals surface area contributed by atoms with Gasteiger partial charge in [-0.05, 0) is 19.8 Å². The van der Waals surface area contributed by atoms with Crippen LogP contribution in [0, 0.1) is 30.1 Å². The zero-order valence-corrected chi connectivity index (χ0v) is 11.3. The first-order chi connectivity index (χ1) is 7.95. The minimum atomic E-state index is -0.599. The van der Waals surface area contributed by atoms with E-state index in [4.69, 9.17) is 5.26 Å². The van der Waals surface area contributed by atoms with Crippen LogP contribution in [-0.2, 0) is 4.79 Å². The normalized spacial score (nSPS) is 14.1. The summed E-state index contributed by atoms with van der Waals surface area (Å²) in [5.74, 6) is -0.799. The summed E-state index contributed by atoms with van der Waals surface area (Å²) in [7, 11) is 0. The predicted octanol–water partition coefficient (Wildman–Crippen LogP) is 2.42. The molecule has 2 atom stereocenters. The molecule has 0 aliphatic carbocycles. The summed E-state index contributed by atoms with van der Waals surface area (Å²) in [5, 5.41) is 12.6. The SMILES string of the molecule is Cc1cnc(C(C)NC(=O)C(C#N)C(C)C)s1. The van der Waals surface area contributed by atoms with E-state index in [-0.39, 0.29) is 17.9 Å². The number of hydrogen-bond acceptors (Lipinski definition) is 4. The van der Waals surface area contributed by atoms with Crippen LogP contribution in [0.5, 0.6) is 0 Å². The first-order valence-electron chi connectivity index (χ1n) is 5.58. The maximum atomic E-state index is 11.8. The van der Waals surface area contributed by atoms with Gasteiger partial charge < -0.3 is 5.32 Å². The Bertz CT molecular complexity index is 433. The Morgan fingerprint density at radius 3 is 2.59 bits per heavy atom. The number of aromatic nitrogens is 1. The number of thiazole rings is 1. The van der Waals surface area contributed by atoms with Gasteiger partial charge in [-0.1, -0.05) is 13.8 Å². The third-order valence-corrected chi connectivity index (χ3v) is 3.55. The van der Waals surface area contributed by atoms with Crippen LogP contribution in [0.15, 0.2) is 6.20 Å². The summed E-state index contributed by atoms with van der Waals surface area (Å²) in [4.78, 5) is 17.2. The molecule has 1 rings (SSSR count). The lowest BCUT2D eigenvalue weighted by molar-refractivity contribution is -0.125. The number of nitrogens with zero attached hydrogens (tertiary/aromatic N) is 2. The third-order valence-electron chi connectivity index (χ3n) is 2.46. The first kappa shape index (κ1) is 13.7. The van der Waals surface area contributed by atoms with Gasteiger partial charge >= 0.3 is 0 Å². The van der Waals surface area contributed by atoms with Crippen LogP contribution < -0.4 is 5.32 Å². The van der Waals surface area contributed by atoms with Gasteiger partial charge in [0.1, 0.15) is 10.9 Å². The second kappa shape index (κ2) is 5.78.